The second-order valence-electron chi connectivity index (χ2n) is 6.51. The van der Waals surface area contributed by atoms with E-state index in [0.717, 1.165) is 49.8 Å². The summed E-state index contributed by atoms with van der Waals surface area (Å²) < 4.78 is 33.0. The Hall–Kier alpha value is -2.38. The van der Waals surface area contributed by atoms with E-state index in [2.05, 4.69) is 9.88 Å². The number of hydrogen-bond donors (Lipinski definition) is 0. The molecule has 27 heavy (non-hydrogen) atoms. The number of morpholine rings is 1. The third kappa shape index (κ3) is 5.55. The number of aromatic nitrogens is 1. The molecule has 0 radical (unpaired) electrons. The van der Waals surface area contributed by atoms with Crippen LogP contribution in [0.15, 0.2) is 42.7 Å². The predicted molar refractivity (Wildman–Crippen MR) is 97.2 cm³/mol. The van der Waals surface area contributed by atoms with Crippen molar-refractivity contribution in [3.63, 3.8) is 0 Å². The Morgan fingerprint density at radius 1 is 1.15 bits per heavy atom. The molecular weight excluding hydrogens is 352 g/mol. The normalized spacial score (nSPS) is 14.9. The molecule has 1 aromatic heterocycles. The summed E-state index contributed by atoms with van der Waals surface area (Å²) in [5.41, 5.74) is 0.650. The summed E-state index contributed by atoms with van der Waals surface area (Å²) in [5, 5.41) is 0. The van der Waals surface area contributed by atoms with Gasteiger partial charge in [-0.2, -0.15) is 0 Å². The molecule has 0 unspecified atom stereocenters. The number of benzene rings is 1. The van der Waals surface area contributed by atoms with E-state index < -0.39 is 17.5 Å². The lowest BCUT2D eigenvalue weighted by molar-refractivity contribution is 0.0355. The van der Waals surface area contributed by atoms with Gasteiger partial charge in [0.2, 0.25) is 0 Å². The summed E-state index contributed by atoms with van der Waals surface area (Å²) in [6.07, 6.45) is 4.04. The van der Waals surface area contributed by atoms with Crippen molar-refractivity contribution < 1.29 is 18.3 Å². The second kappa shape index (κ2) is 9.53. The van der Waals surface area contributed by atoms with Crippen molar-refractivity contribution in [2.75, 3.05) is 39.4 Å². The number of amides is 1. The van der Waals surface area contributed by atoms with Crippen LogP contribution in [0.25, 0.3) is 0 Å². The number of carbonyl (C=O) groups is 1. The van der Waals surface area contributed by atoms with E-state index in [1.165, 1.54) is 0 Å². The summed E-state index contributed by atoms with van der Waals surface area (Å²) in [6.45, 7) is 4.78. The first-order valence-corrected chi connectivity index (χ1v) is 9.07. The largest absolute Gasteiger partial charge is 0.379 e. The number of pyridine rings is 1. The van der Waals surface area contributed by atoms with Crippen LogP contribution < -0.4 is 0 Å². The molecule has 2 aromatic rings. The Morgan fingerprint density at radius 2 is 1.89 bits per heavy atom. The lowest BCUT2D eigenvalue weighted by atomic mass is 10.1. The molecule has 3 rings (SSSR count). The van der Waals surface area contributed by atoms with E-state index in [9.17, 15) is 13.6 Å². The summed E-state index contributed by atoms with van der Waals surface area (Å²) in [5.74, 6) is -1.85. The smallest absolute Gasteiger partial charge is 0.257 e. The van der Waals surface area contributed by atoms with Crippen LogP contribution in [0.1, 0.15) is 22.3 Å². The molecule has 0 N–H and O–H groups in total. The van der Waals surface area contributed by atoms with E-state index in [1.807, 2.05) is 12.1 Å². The maximum atomic E-state index is 14.1. The highest BCUT2D eigenvalue weighted by Gasteiger charge is 2.21. The maximum Gasteiger partial charge on any atom is 0.257 e. The maximum absolute atomic E-state index is 14.1. The molecule has 1 fully saturated rings. The fourth-order valence-corrected chi connectivity index (χ4v) is 3.10. The minimum absolute atomic E-state index is 0.240. The van der Waals surface area contributed by atoms with Crippen molar-refractivity contribution in [2.24, 2.45) is 0 Å². The fraction of sp³-hybridized carbons (Fsp3) is 0.400. The first kappa shape index (κ1) is 19.4. The lowest BCUT2D eigenvalue weighted by Crippen LogP contribution is -2.39. The van der Waals surface area contributed by atoms with Crippen molar-refractivity contribution in [3.8, 4) is 0 Å². The zero-order valence-electron chi connectivity index (χ0n) is 15.1. The Bertz CT molecular complexity index is 752. The standard InChI is InChI=1S/C20H23F2N3O2/c21-17-2-3-19(22)18(14-17)20(26)25(15-16-4-6-23-7-5-16)9-1-8-24-10-12-27-13-11-24/h2-7,14H,1,8-13,15H2. The Kier molecular flexibility index (Phi) is 6.84. The predicted octanol–water partition coefficient (Wildman–Crippen LogP) is 2.72. The molecule has 144 valence electrons. The number of halogens is 2. The Balaban J connectivity index is 1.70. The molecule has 0 bridgehead atoms. The van der Waals surface area contributed by atoms with Gasteiger partial charge >= 0.3 is 0 Å². The second-order valence-corrected chi connectivity index (χ2v) is 6.51. The molecule has 1 saturated heterocycles. The fourth-order valence-electron chi connectivity index (χ4n) is 3.10. The molecule has 7 heteroatoms. The van der Waals surface area contributed by atoms with Gasteiger partial charge in [0.05, 0.1) is 18.8 Å². The van der Waals surface area contributed by atoms with Crippen molar-refractivity contribution in [2.45, 2.75) is 13.0 Å². The summed E-state index contributed by atoms with van der Waals surface area (Å²) in [4.78, 5) is 20.7. The minimum atomic E-state index is -0.714. The SMILES string of the molecule is O=C(c1cc(F)ccc1F)N(CCCN1CCOCC1)Cc1ccncc1. The number of rotatable bonds is 7. The first-order valence-electron chi connectivity index (χ1n) is 9.07. The molecule has 0 atom stereocenters. The minimum Gasteiger partial charge on any atom is -0.379 e. The zero-order chi connectivity index (χ0) is 19.1. The van der Waals surface area contributed by atoms with Crippen LogP contribution in [0, 0.1) is 11.6 Å². The average Bonchev–Trinajstić information content (AvgIpc) is 2.70. The average molecular weight is 375 g/mol. The molecule has 0 saturated carbocycles. The van der Waals surface area contributed by atoms with E-state index >= 15 is 0 Å². The highest BCUT2D eigenvalue weighted by atomic mass is 19.1. The van der Waals surface area contributed by atoms with Crippen LogP contribution in [-0.2, 0) is 11.3 Å². The number of carbonyl (C=O) groups excluding carboxylic acids is 1. The van der Waals surface area contributed by atoms with Crippen molar-refractivity contribution in [3.05, 3.63) is 65.5 Å². The molecule has 1 aliphatic heterocycles. The van der Waals surface area contributed by atoms with Gasteiger partial charge in [0.25, 0.3) is 5.91 Å². The van der Waals surface area contributed by atoms with Crippen LogP contribution in [-0.4, -0.2) is 60.1 Å². The number of nitrogens with zero attached hydrogens (tertiary/aromatic N) is 3. The lowest BCUT2D eigenvalue weighted by Gasteiger charge is -2.28. The Labute approximate surface area is 157 Å². The van der Waals surface area contributed by atoms with Crippen LogP contribution in [0.4, 0.5) is 8.78 Å². The molecule has 5 nitrogen and oxygen atoms in total. The van der Waals surface area contributed by atoms with Crippen LogP contribution in [0.2, 0.25) is 0 Å². The molecule has 1 amide bonds. The van der Waals surface area contributed by atoms with Crippen LogP contribution in [0.5, 0.6) is 0 Å². The summed E-state index contributed by atoms with van der Waals surface area (Å²) in [7, 11) is 0. The number of ether oxygens (including phenoxy) is 1. The molecule has 1 aromatic carbocycles. The molecular formula is C20H23F2N3O2. The van der Waals surface area contributed by atoms with E-state index in [1.54, 1.807) is 17.3 Å². The molecule has 2 heterocycles. The Morgan fingerprint density at radius 3 is 2.63 bits per heavy atom. The van der Waals surface area contributed by atoms with Gasteiger partial charge in [-0.3, -0.25) is 14.7 Å². The van der Waals surface area contributed by atoms with Crippen LogP contribution in [0.3, 0.4) is 0 Å². The third-order valence-electron chi connectivity index (χ3n) is 4.57. The van der Waals surface area contributed by atoms with Gasteiger partial charge in [0.15, 0.2) is 0 Å². The van der Waals surface area contributed by atoms with E-state index in [4.69, 9.17) is 4.74 Å². The van der Waals surface area contributed by atoms with Gasteiger partial charge in [0.1, 0.15) is 11.6 Å². The van der Waals surface area contributed by atoms with E-state index in [-0.39, 0.29) is 5.56 Å². The first-order chi connectivity index (χ1) is 13.1. The highest BCUT2D eigenvalue weighted by molar-refractivity contribution is 5.94. The number of hydrogen-bond acceptors (Lipinski definition) is 4. The van der Waals surface area contributed by atoms with E-state index in [0.29, 0.717) is 26.3 Å². The van der Waals surface area contributed by atoms with Gasteiger partial charge in [-0.25, -0.2) is 8.78 Å². The topological polar surface area (TPSA) is 45.7 Å². The molecule has 0 spiro atoms. The van der Waals surface area contributed by atoms with Gasteiger partial charge in [-0.05, 0) is 42.3 Å². The zero-order valence-corrected chi connectivity index (χ0v) is 15.1. The summed E-state index contributed by atoms with van der Waals surface area (Å²) >= 11 is 0. The highest BCUT2D eigenvalue weighted by Crippen LogP contribution is 2.15. The van der Waals surface area contributed by atoms with Crippen molar-refractivity contribution in [1.82, 2.24) is 14.8 Å². The monoisotopic (exact) mass is 375 g/mol. The quantitative estimate of drug-likeness (QED) is 0.747. The van der Waals surface area contributed by atoms with Crippen molar-refractivity contribution >= 4 is 5.91 Å². The third-order valence-corrected chi connectivity index (χ3v) is 4.57. The van der Waals surface area contributed by atoms with Crippen LogP contribution >= 0.6 is 0 Å². The summed E-state index contributed by atoms with van der Waals surface area (Å²) in [6, 6.07) is 6.58. The van der Waals surface area contributed by atoms with Gasteiger partial charge < -0.3 is 9.64 Å². The van der Waals surface area contributed by atoms with Gasteiger partial charge in [0, 0.05) is 45.1 Å². The van der Waals surface area contributed by atoms with Crippen molar-refractivity contribution in [1.29, 1.82) is 0 Å². The molecule has 0 aliphatic carbocycles. The van der Waals surface area contributed by atoms with Gasteiger partial charge in [-0.15, -0.1) is 0 Å². The molecule has 1 aliphatic rings. The van der Waals surface area contributed by atoms with Gasteiger partial charge in [-0.1, -0.05) is 0 Å².